The molecule has 1 aliphatic rings. The highest BCUT2D eigenvalue weighted by Crippen LogP contribution is 1.95. The van der Waals surface area contributed by atoms with Crippen LogP contribution in [0.4, 0.5) is 0 Å². The lowest BCUT2D eigenvalue weighted by Gasteiger charge is -2.29. The lowest BCUT2D eigenvalue weighted by Crippen LogP contribution is -2.52. The topological polar surface area (TPSA) is 70.9 Å². The van der Waals surface area contributed by atoms with E-state index in [2.05, 4.69) is 16.8 Å². The molecule has 1 heterocycles. The Morgan fingerprint density at radius 3 is 2.90 bits per heavy atom. The number of nitrogens with two attached hydrogens (primary N) is 2. The third-order valence-electron chi connectivity index (χ3n) is 1.53. The molecular formula is C5H13N5. The predicted molar refractivity (Wildman–Crippen MR) is 39.8 cm³/mol. The highest BCUT2D eigenvalue weighted by molar-refractivity contribution is 5.77. The average Bonchev–Trinajstić information content (AvgIpc) is 1.95. The van der Waals surface area contributed by atoms with Gasteiger partial charge in [-0.25, -0.2) is 10.8 Å². The second kappa shape index (κ2) is 2.85. The van der Waals surface area contributed by atoms with Gasteiger partial charge in [0.15, 0.2) is 0 Å². The van der Waals surface area contributed by atoms with Crippen LogP contribution in [0.25, 0.3) is 0 Å². The monoisotopic (exact) mass is 143 g/mol. The van der Waals surface area contributed by atoms with E-state index in [4.69, 9.17) is 11.6 Å². The number of guanidine groups is 1. The number of rotatable bonds is 1. The molecule has 0 aliphatic carbocycles. The molecule has 0 aromatic carbocycles. The highest BCUT2D eigenvalue weighted by atomic mass is 15.6. The van der Waals surface area contributed by atoms with Gasteiger partial charge in [0.25, 0.3) is 0 Å². The average molecular weight is 143 g/mol. The Morgan fingerprint density at radius 1 is 1.70 bits per heavy atom. The van der Waals surface area contributed by atoms with Gasteiger partial charge >= 0.3 is 0 Å². The maximum Gasteiger partial charge on any atom is 0.208 e. The van der Waals surface area contributed by atoms with E-state index in [9.17, 15) is 0 Å². The molecule has 0 aromatic heterocycles. The maximum absolute atomic E-state index is 5.48. The van der Waals surface area contributed by atoms with E-state index in [1.807, 2.05) is 0 Å². The van der Waals surface area contributed by atoms with Gasteiger partial charge < -0.3 is 5.73 Å². The molecular weight excluding hydrogens is 130 g/mol. The van der Waals surface area contributed by atoms with Crippen LogP contribution in [0.2, 0.25) is 0 Å². The normalized spacial score (nSPS) is 21.0. The van der Waals surface area contributed by atoms with Crippen LogP contribution in [-0.4, -0.2) is 35.8 Å². The van der Waals surface area contributed by atoms with Crippen LogP contribution in [0.15, 0.2) is 4.99 Å². The van der Waals surface area contributed by atoms with Gasteiger partial charge in [-0.1, -0.05) is 6.92 Å². The number of aliphatic imine (C=N–C) groups is 1. The van der Waals surface area contributed by atoms with Crippen LogP contribution in [0.5, 0.6) is 0 Å². The molecule has 0 unspecified atom stereocenters. The van der Waals surface area contributed by atoms with E-state index < -0.39 is 0 Å². The lowest BCUT2D eigenvalue weighted by atomic mass is 10.6. The fourth-order valence-corrected chi connectivity index (χ4v) is 0.796. The van der Waals surface area contributed by atoms with Crippen molar-refractivity contribution in [3.05, 3.63) is 0 Å². The molecule has 0 aromatic rings. The van der Waals surface area contributed by atoms with Crippen LogP contribution >= 0.6 is 0 Å². The summed E-state index contributed by atoms with van der Waals surface area (Å²) in [5.41, 5.74) is 5.42. The zero-order valence-corrected chi connectivity index (χ0v) is 6.12. The van der Waals surface area contributed by atoms with Crippen LogP contribution in [0, 0.1) is 0 Å². The first-order valence-corrected chi connectivity index (χ1v) is 3.28. The van der Waals surface area contributed by atoms with Gasteiger partial charge in [0.1, 0.15) is 0 Å². The van der Waals surface area contributed by atoms with Crippen molar-refractivity contribution < 1.29 is 0 Å². The quantitative estimate of drug-likeness (QED) is 0.449. The van der Waals surface area contributed by atoms with E-state index in [1.165, 1.54) is 5.01 Å². The predicted octanol–water partition coefficient (Wildman–Crippen LogP) is -1.27. The number of hydrazine groups is 1. The molecule has 10 heavy (non-hydrogen) atoms. The van der Waals surface area contributed by atoms with Crippen molar-refractivity contribution in [2.24, 2.45) is 16.6 Å². The molecule has 5 nitrogen and oxygen atoms in total. The SMILES string of the molecule is CCN1CN=C(N)N(N)C1. The Labute approximate surface area is 60.3 Å². The van der Waals surface area contributed by atoms with E-state index in [0.717, 1.165) is 6.54 Å². The molecule has 0 spiro atoms. The first kappa shape index (κ1) is 7.30. The van der Waals surface area contributed by atoms with Gasteiger partial charge in [-0.3, -0.25) is 9.91 Å². The van der Waals surface area contributed by atoms with Gasteiger partial charge in [-0.2, -0.15) is 0 Å². The molecule has 0 fully saturated rings. The Morgan fingerprint density at radius 2 is 2.40 bits per heavy atom. The smallest absolute Gasteiger partial charge is 0.208 e. The van der Waals surface area contributed by atoms with Crippen molar-refractivity contribution in [2.45, 2.75) is 6.92 Å². The Hall–Kier alpha value is -0.810. The van der Waals surface area contributed by atoms with Crippen molar-refractivity contribution in [3.63, 3.8) is 0 Å². The molecule has 0 amide bonds. The molecule has 1 rings (SSSR count). The van der Waals surface area contributed by atoms with Crippen molar-refractivity contribution in [3.8, 4) is 0 Å². The first-order chi connectivity index (χ1) is 4.74. The van der Waals surface area contributed by atoms with Gasteiger partial charge in [0.2, 0.25) is 5.96 Å². The zero-order chi connectivity index (χ0) is 7.56. The first-order valence-electron chi connectivity index (χ1n) is 3.28. The van der Waals surface area contributed by atoms with Crippen LogP contribution < -0.4 is 11.6 Å². The fraction of sp³-hybridized carbons (Fsp3) is 0.800. The summed E-state index contributed by atoms with van der Waals surface area (Å²) in [6, 6.07) is 0. The van der Waals surface area contributed by atoms with E-state index in [0.29, 0.717) is 19.3 Å². The fourth-order valence-electron chi connectivity index (χ4n) is 0.796. The molecule has 58 valence electrons. The second-order valence-corrected chi connectivity index (χ2v) is 2.26. The summed E-state index contributed by atoms with van der Waals surface area (Å²) in [5.74, 6) is 5.90. The van der Waals surface area contributed by atoms with Crippen LogP contribution in [0.1, 0.15) is 6.92 Å². The lowest BCUT2D eigenvalue weighted by molar-refractivity contribution is 0.180. The van der Waals surface area contributed by atoms with E-state index >= 15 is 0 Å². The van der Waals surface area contributed by atoms with Crippen molar-refractivity contribution in [1.29, 1.82) is 0 Å². The van der Waals surface area contributed by atoms with Crippen molar-refractivity contribution >= 4 is 5.96 Å². The summed E-state index contributed by atoms with van der Waals surface area (Å²) in [6.45, 7) is 4.34. The molecule has 0 saturated carbocycles. The molecule has 0 saturated heterocycles. The molecule has 1 aliphatic heterocycles. The Bertz CT molecular complexity index is 143. The Kier molecular flexibility index (Phi) is 2.08. The minimum absolute atomic E-state index is 0.421. The third-order valence-corrected chi connectivity index (χ3v) is 1.53. The Balaban J connectivity index is 2.51. The summed E-state index contributed by atoms with van der Waals surface area (Å²) >= 11 is 0. The summed E-state index contributed by atoms with van der Waals surface area (Å²) < 4.78 is 0. The van der Waals surface area contributed by atoms with Gasteiger partial charge in [0, 0.05) is 0 Å². The van der Waals surface area contributed by atoms with Gasteiger partial charge in [-0.15, -0.1) is 0 Å². The van der Waals surface area contributed by atoms with Crippen LogP contribution in [0.3, 0.4) is 0 Å². The summed E-state index contributed by atoms with van der Waals surface area (Å²) in [6.07, 6.45) is 0. The standard InChI is InChI=1S/C5H13N5/c1-2-9-3-8-5(6)10(7)4-9/h2-4,7H2,1H3,(H2,6,8). The minimum atomic E-state index is 0.421. The van der Waals surface area contributed by atoms with Crippen molar-refractivity contribution in [2.75, 3.05) is 19.9 Å². The summed E-state index contributed by atoms with van der Waals surface area (Å²) in [5, 5.41) is 1.44. The van der Waals surface area contributed by atoms with Gasteiger partial charge in [0.05, 0.1) is 13.3 Å². The molecule has 0 bridgehead atoms. The minimum Gasteiger partial charge on any atom is -0.369 e. The van der Waals surface area contributed by atoms with Crippen molar-refractivity contribution in [1.82, 2.24) is 9.91 Å². The largest absolute Gasteiger partial charge is 0.369 e. The molecule has 4 N–H and O–H groups in total. The van der Waals surface area contributed by atoms with E-state index in [1.54, 1.807) is 0 Å². The summed E-state index contributed by atoms with van der Waals surface area (Å²) in [4.78, 5) is 6.06. The van der Waals surface area contributed by atoms with Crippen LogP contribution in [-0.2, 0) is 0 Å². The highest BCUT2D eigenvalue weighted by Gasteiger charge is 2.12. The molecule has 5 heteroatoms. The maximum atomic E-state index is 5.48. The molecule has 0 atom stereocenters. The number of hydrogen-bond acceptors (Lipinski definition) is 5. The van der Waals surface area contributed by atoms with Gasteiger partial charge in [-0.05, 0) is 6.54 Å². The summed E-state index contributed by atoms with van der Waals surface area (Å²) in [7, 11) is 0. The number of hydrogen-bond donors (Lipinski definition) is 2. The second-order valence-electron chi connectivity index (χ2n) is 2.26. The number of nitrogens with zero attached hydrogens (tertiary/aromatic N) is 3. The van der Waals surface area contributed by atoms with E-state index in [-0.39, 0.29) is 0 Å². The third kappa shape index (κ3) is 1.37. The molecule has 0 radical (unpaired) electrons. The zero-order valence-electron chi connectivity index (χ0n) is 6.12.